The van der Waals surface area contributed by atoms with Crippen LogP contribution >= 0.6 is 0 Å². The fraction of sp³-hybridized carbons (Fsp3) is 0.364. The van der Waals surface area contributed by atoms with Crippen LogP contribution in [-0.2, 0) is 11.8 Å². The molecule has 0 aliphatic rings. The second kappa shape index (κ2) is 5.46. The van der Waals surface area contributed by atoms with Gasteiger partial charge in [-0.1, -0.05) is 0 Å². The van der Waals surface area contributed by atoms with Crippen LogP contribution in [0.3, 0.4) is 0 Å². The number of esters is 1. The third-order valence-electron chi connectivity index (χ3n) is 2.45. The van der Waals surface area contributed by atoms with Crippen LogP contribution in [0.15, 0.2) is 23.0 Å². The van der Waals surface area contributed by atoms with Crippen molar-refractivity contribution in [2.75, 3.05) is 7.11 Å². The van der Waals surface area contributed by atoms with Crippen LogP contribution in [-0.4, -0.2) is 34.2 Å². The average Bonchev–Trinajstić information content (AvgIpc) is 3.02. The number of nitrogens with zero attached hydrogens (tertiary/aromatic N) is 3. The molecule has 21 heavy (non-hydrogen) atoms. The molecule has 2 aromatic rings. The van der Waals surface area contributed by atoms with Crippen molar-refractivity contribution in [1.29, 1.82) is 0 Å². The van der Waals surface area contributed by atoms with E-state index in [-0.39, 0.29) is 11.4 Å². The van der Waals surface area contributed by atoms with Gasteiger partial charge in [-0.05, 0) is 5.16 Å². The van der Waals surface area contributed by atoms with E-state index < -0.39 is 24.0 Å². The summed E-state index contributed by atoms with van der Waals surface area (Å²) in [6.07, 6.45) is -5.17. The van der Waals surface area contributed by atoms with E-state index in [4.69, 9.17) is 0 Å². The van der Waals surface area contributed by atoms with Crippen molar-refractivity contribution in [3.05, 3.63) is 29.8 Å². The molecule has 0 spiro atoms. The molecule has 0 N–H and O–H groups in total. The highest BCUT2D eigenvalue weighted by Gasteiger charge is 2.45. The first-order valence-corrected chi connectivity index (χ1v) is 5.58. The molecule has 0 amide bonds. The van der Waals surface area contributed by atoms with Crippen molar-refractivity contribution >= 4 is 5.97 Å². The maximum absolute atomic E-state index is 13.0. The summed E-state index contributed by atoms with van der Waals surface area (Å²) in [5.41, 5.74) is -0.301. The van der Waals surface area contributed by atoms with E-state index in [0.29, 0.717) is 0 Å². The zero-order valence-electron chi connectivity index (χ0n) is 10.9. The van der Waals surface area contributed by atoms with E-state index in [2.05, 4.69) is 24.3 Å². The van der Waals surface area contributed by atoms with Gasteiger partial charge in [-0.15, -0.1) is 0 Å². The molecule has 7 nitrogen and oxygen atoms in total. The molecule has 114 valence electrons. The zero-order chi connectivity index (χ0) is 15.6. The summed E-state index contributed by atoms with van der Waals surface area (Å²) >= 11 is 0. The molecule has 0 unspecified atom stereocenters. The van der Waals surface area contributed by atoms with E-state index in [0.717, 1.165) is 18.5 Å². The lowest BCUT2D eigenvalue weighted by Crippen LogP contribution is -2.26. The lowest BCUT2D eigenvalue weighted by Gasteiger charge is -2.18. The molecular formula is C11H10F3N3O4. The second-order valence-electron chi connectivity index (χ2n) is 4.01. The summed E-state index contributed by atoms with van der Waals surface area (Å²) in [5, 5.41) is 6.92. The van der Waals surface area contributed by atoms with Gasteiger partial charge in [0.15, 0.2) is 0 Å². The van der Waals surface area contributed by atoms with Gasteiger partial charge in [-0.3, -0.25) is 4.68 Å². The van der Waals surface area contributed by atoms with Crippen molar-refractivity contribution < 1.29 is 32.0 Å². The van der Waals surface area contributed by atoms with Crippen LogP contribution in [0.25, 0.3) is 0 Å². The molecular weight excluding hydrogens is 295 g/mol. The third-order valence-corrected chi connectivity index (χ3v) is 2.45. The van der Waals surface area contributed by atoms with Gasteiger partial charge in [0, 0.05) is 18.8 Å². The second-order valence-corrected chi connectivity index (χ2v) is 4.01. The average molecular weight is 305 g/mol. The minimum atomic E-state index is -4.79. The van der Waals surface area contributed by atoms with E-state index in [9.17, 15) is 18.0 Å². The normalized spacial score (nSPS) is 13.0. The van der Waals surface area contributed by atoms with E-state index in [1.54, 1.807) is 0 Å². The lowest BCUT2D eigenvalue weighted by molar-refractivity contribution is -0.207. The Bertz CT molecular complexity index is 635. The zero-order valence-corrected chi connectivity index (χ0v) is 10.9. The van der Waals surface area contributed by atoms with Crippen molar-refractivity contribution in [2.45, 2.75) is 12.3 Å². The molecule has 0 saturated carbocycles. The Morgan fingerprint density at radius 2 is 2.19 bits per heavy atom. The number of alkyl halides is 3. The fourth-order valence-electron chi connectivity index (χ4n) is 1.52. The number of halogens is 3. The number of methoxy groups -OCH3 is 1. The summed E-state index contributed by atoms with van der Waals surface area (Å²) in [5.74, 6) is -1.85. The smallest absolute Gasteiger partial charge is 0.429 e. The quantitative estimate of drug-likeness (QED) is 0.802. The molecule has 10 heteroatoms. The first-order valence-electron chi connectivity index (χ1n) is 5.58. The number of carbonyl (C=O) groups excluding carboxylic acids is 1. The number of carbonyl (C=O) groups is 1. The maximum Gasteiger partial charge on any atom is 0.429 e. The Morgan fingerprint density at radius 3 is 2.67 bits per heavy atom. The van der Waals surface area contributed by atoms with E-state index in [1.165, 1.54) is 18.8 Å². The minimum Gasteiger partial charge on any atom is -0.479 e. The summed E-state index contributed by atoms with van der Waals surface area (Å²) in [6.45, 7) is 0. The molecule has 0 radical (unpaired) electrons. The number of hydrogen-bond acceptors (Lipinski definition) is 6. The number of aryl methyl sites for hydroxylation is 1. The Morgan fingerprint density at radius 1 is 1.48 bits per heavy atom. The summed E-state index contributed by atoms with van der Waals surface area (Å²) in [6, 6.07) is 1.03. The van der Waals surface area contributed by atoms with Gasteiger partial charge in [-0.2, -0.15) is 18.3 Å². The molecule has 0 aromatic carbocycles. The van der Waals surface area contributed by atoms with Gasteiger partial charge >= 0.3 is 12.1 Å². The first kappa shape index (κ1) is 14.9. The summed E-state index contributed by atoms with van der Waals surface area (Å²) in [4.78, 5) is 11.7. The fourth-order valence-corrected chi connectivity index (χ4v) is 1.52. The Labute approximate surface area is 116 Å². The molecule has 0 saturated heterocycles. The molecule has 0 aliphatic carbocycles. The third kappa shape index (κ3) is 3.33. The van der Waals surface area contributed by atoms with Crippen molar-refractivity contribution in [3.63, 3.8) is 0 Å². The van der Waals surface area contributed by atoms with Crippen molar-refractivity contribution in [1.82, 2.24) is 14.9 Å². The summed E-state index contributed by atoms with van der Waals surface area (Å²) < 4.78 is 53.7. The topological polar surface area (TPSA) is 79.4 Å². The van der Waals surface area contributed by atoms with Gasteiger partial charge in [0.2, 0.25) is 11.9 Å². The van der Waals surface area contributed by atoms with Crippen LogP contribution in [0, 0.1) is 0 Å². The lowest BCUT2D eigenvalue weighted by atomic mass is 10.2. The number of rotatable bonds is 4. The molecule has 0 aliphatic heterocycles. The minimum absolute atomic E-state index is 0.0492. The van der Waals surface area contributed by atoms with Crippen LogP contribution in [0.1, 0.15) is 22.2 Å². The molecule has 2 aromatic heterocycles. The van der Waals surface area contributed by atoms with Crippen LogP contribution in [0.5, 0.6) is 5.88 Å². The van der Waals surface area contributed by atoms with Crippen LogP contribution < -0.4 is 4.74 Å². The highest BCUT2D eigenvalue weighted by Crippen LogP contribution is 2.36. The first-order chi connectivity index (χ1) is 9.81. The number of aromatic nitrogens is 3. The number of hydrogen-bond donors (Lipinski definition) is 0. The van der Waals surface area contributed by atoms with Crippen LogP contribution in [0.4, 0.5) is 13.2 Å². The van der Waals surface area contributed by atoms with Crippen LogP contribution in [0.2, 0.25) is 0 Å². The highest BCUT2D eigenvalue weighted by atomic mass is 19.4. The molecule has 2 heterocycles. The monoisotopic (exact) mass is 305 g/mol. The van der Waals surface area contributed by atoms with Gasteiger partial charge in [0.05, 0.1) is 19.4 Å². The Hall–Kier alpha value is -2.52. The maximum atomic E-state index is 13.0. The van der Waals surface area contributed by atoms with Gasteiger partial charge in [-0.25, -0.2) is 4.79 Å². The molecule has 1 atom stereocenters. The summed E-state index contributed by atoms with van der Waals surface area (Å²) in [7, 11) is 2.71. The highest BCUT2D eigenvalue weighted by molar-refractivity contribution is 5.86. The van der Waals surface area contributed by atoms with E-state index >= 15 is 0 Å². The number of ether oxygens (including phenoxy) is 2. The molecule has 0 fully saturated rings. The van der Waals surface area contributed by atoms with Crippen molar-refractivity contribution in [3.8, 4) is 5.88 Å². The van der Waals surface area contributed by atoms with Crippen molar-refractivity contribution in [2.24, 2.45) is 7.05 Å². The van der Waals surface area contributed by atoms with Gasteiger partial charge in [0.25, 0.3) is 5.88 Å². The Kier molecular flexibility index (Phi) is 3.87. The standard InChI is InChI=1S/C11H10F3N3O4/c1-17-5-6(4-15-17)9(11(12,13)14)20-10(18)7-3-8(19-2)16-21-7/h3-5,9H,1-2H3/t9-/m0/s1. The largest absolute Gasteiger partial charge is 0.479 e. The molecule has 0 bridgehead atoms. The predicted molar refractivity (Wildman–Crippen MR) is 60.5 cm³/mol. The predicted octanol–water partition coefficient (Wildman–Crippen LogP) is 1.88. The van der Waals surface area contributed by atoms with Gasteiger partial charge in [0.1, 0.15) is 0 Å². The van der Waals surface area contributed by atoms with E-state index in [1.807, 2.05) is 0 Å². The SMILES string of the molecule is COc1cc(C(=O)O[C@@H](c2cnn(C)c2)C(F)(F)F)on1. The molecule has 2 rings (SSSR count). The van der Waals surface area contributed by atoms with Gasteiger partial charge < -0.3 is 14.0 Å². The Balaban J connectivity index is 2.21.